The van der Waals surface area contributed by atoms with Gasteiger partial charge in [-0.05, 0) is 71.9 Å². The lowest BCUT2D eigenvalue weighted by molar-refractivity contribution is -0.132. The lowest BCUT2D eigenvalue weighted by atomic mass is 9.88. The lowest BCUT2D eigenvalue weighted by Crippen LogP contribution is -2.39. The Hall–Kier alpha value is -2.62. The number of carbonyl (C=O) groups excluding carboxylic acids is 1. The molecule has 146 valence electrons. The molecule has 0 bridgehead atoms. The molecule has 1 aliphatic heterocycles. The Morgan fingerprint density at radius 2 is 1.79 bits per heavy atom. The molecule has 1 amide bonds. The average molecular weight is 377 g/mol. The molecule has 1 spiro atoms. The summed E-state index contributed by atoms with van der Waals surface area (Å²) in [5.74, 6) is -0.00712. The summed E-state index contributed by atoms with van der Waals surface area (Å²) in [5.41, 5.74) is 5.28. The van der Waals surface area contributed by atoms with E-state index >= 15 is 0 Å². The average Bonchev–Trinajstić information content (AvgIpc) is 3.41. The summed E-state index contributed by atoms with van der Waals surface area (Å²) >= 11 is 0. The third-order valence-electron chi connectivity index (χ3n) is 6.70. The molecule has 1 heterocycles. The number of piperidine rings is 1. The largest absolute Gasteiger partial charge is 0.478 e. The van der Waals surface area contributed by atoms with Crippen molar-refractivity contribution in [2.75, 3.05) is 13.1 Å². The number of aromatic carboxylic acids is 1. The molecule has 2 aliphatic rings. The van der Waals surface area contributed by atoms with Crippen LogP contribution in [-0.4, -0.2) is 35.0 Å². The number of carboxylic acid groups (broad SMARTS) is 1. The predicted molar refractivity (Wildman–Crippen MR) is 109 cm³/mol. The smallest absolute Gasteiger partial charge is 0.335 e. The van der Waals surface area contributed by atoms with E-state index in [4.69, 9.17) is 5.11 Å². The van der Waals surface area contributed by atoms with E-state index in [2.05, 4.69) is 24.3 Å². The van der Waals surface area contributed by atoms with Crippen molar-refractivity contribution in [3.63, 3.8) is 0 Å². The number of benzene rings is 2. The quantitative estimate of drug-likeness (QED) is 0.827. The van der Waals surface area contributed by atoms with Crippen molar-refractivity contribution in [3.05, 3.63) is 59.2 Å². The molecule has 2 aromatic rings. The number of carboxylic acids is 1. The summed E-state index contributed by atoms with van der Waals surface area (Å²) in [6, 6.07) is 14.0. The van der Waals surface area contributed by atoms with E-state index in [9.17, 15) is 9.59 Å². The van der Waals surface area contributed by atoms with Crippen molar-refractivity contribution in [1.82, 2.24) is 4.90 Å². The molecule has 1 aliphatic carbocycles. The highest BCUT2D eigenvalue weighted by Crippen LogP contribution is 2.64. The summed E-state index contributed by atoms with van der Waals surface area (Å²) in [6.45, 7) is 5.69. The van der Waals surface area contributed by atoms with E-state index in [1.165, 1.54) is 12.0 Å². The van der Waals surface area contributed by atoms with Gasteiger partial charge in [0.15, 0.2) is 0 Å². The second kappa shape index (κ2) is 7.08. The van der Waals surface area contributed by atoms with Crippen LogP contribution in [0.15, 0.2) is 42.5 Å². The maximum absolute atomic E-state index is 11.9. The van der Waals surface area contributed by atoms with Crippen LogP contribution in [0.4, 0.5) is 0 Å². The number of hydrogen-bond donors (Lipinski definition) is 1. The number of rotatable bonds is 4. The molecule has 1 atom stereocenters. The zero-order chi connectivity index (χ0) is 19.9. The van der Waals surface area contributed by atoms with Gasteiger partial charge in [-0.3, -0.25) is 4.79 Å². The second-order valence-corrected chi connectivity index (χ2v) is 8.31. The van der Waals surface area contributed by atoms with Crippen LogP contribution in [0.2, 0.25) is 0 Å². The number of aryl methyl sites for hydroxylation is 1. The zero-order valence-corrected chi connectivity index (χ0v) is 16.6. The summed E-state index contributed by atoms with van der Waals surface area (Å²) in [6.07, 6.45) is 4.05. The number of hydrogen-bond acceptors (Lipinski definition) is 2. The van der Waals surface area contributed by atoms with Crippen LogP contribution in [0.3, 0.4) is 0 Å². The van der Waals surface area contributed by atoms with E-state index in [0.29, 0.717) is 23.3 Å². The van der Waals surface area contributed by atoms with Gasteiger partial charge in [-0.15, -0.1) is 0 Å². The summed E-state index contributed by atoms with van der Waals surface area (Å²) in [7, 11) is 0. The van der Waals surface area contributed by atoms with Crippen molar-refractivity contribution >= 4 is 11.9 Å². The predicted octanol–water partition coefficient (Wildman–Crippen LogP) is 4.87. The molecule has 4 nitrogen and oxygen atoms in total. The summed E-state index contributed by atoms with van der Waals surface area (Å²) < 4.78 is 0. The van der Waals surface area contributed by atoms with Gasteiger partial charge in [0.2, 0.25) is 5.91 Å². The minimum absolute atomic E-state index is 0.278. The van der Waals surface area contributed by atoms with Crippen LogP contribution >= 0.6 is 0 Å². The molecule has 4 rings (SSSR count). The minimum Gasteiger partial charge on any atom is -0.478 e. The third kappa shape index (κ3) is 3.32. The molecule has 1 saturated heterocycles. The fourth-order valence-corrected chi connectivity index (χ4v) is 4.81. The van der Waals surface area contributed by atoms with Crippen LogP contribution in [0, 0.1) is 12.3 Å². The Kier molecular flexibility index (Phi) is 4.74. The zero-order valence-electron chi connectivity index (χ0n) is 16.6. The van der Waals surface area contributed by atoms with E-state index in [1.807, 2.05) is 24.8 Å². The number of likely N-dealkylation sites (tertiary alicyclic amines) is 1. The minimum atomic E-state index is -0.893. The van der Waals surface area contributed by atoms with Crippen molar-refractivity contribution in [3.8, 4) is 11.1 Å². The van der Waals surface area contributed by atoms with Crippen molar-refractivity contribution in [2.45, 2.75) is 45.4 Å². The van der Waals surface area contributed by atoms with E-state index in [1.54, 1.807) is 12.1 Å². The molecule has 4 heteroatoms. The Bertz CT molecular complexity index is 908. The number of carbonyl (C=O) groups is 2. The van der Waals surface area contributed by atoms with Crippen LogP contribution in [0.25, 0.3) is 11.1 Å². The molecule has 2 fully saturated rings. The number of amides is 1. The van der Waals surface area contributed by atoms with Crippen molar-refractivity contribution in [1.29, 1.82) is 0 Å². The summed E-state index contributed by atoms with van der Waals surface area (Å²) in [5, 5.41) is 9.14. The Balaban J connectivity index is 1.45. The fourth-order valence-electron chi connectivity index (χ4n) is 4.81. The van der Waals surface area contributed by atoms with E-state index in [0.717, 1.165) is 42.6 Å². The second-order valence-electron chi connectivity index (χ2n) is 8.31. The van der Waals surface area contributed by atoms with Crippen molar-refractivity contribution in [2.24, 2.45) is 5.41 Å². The first-order chi connectivity index (χ1) is 13.4. The first kappa shape index (κ1) is 18.7. The van der Waals surface area contributed by atoms with Crippen molar-refractivity contribution < 1.29 is 14.7 Å². The van der Waals surface area contributed by atoms with Gasteiger partial charge < -0.3 is 10.0 Å². The van der Waals surface area contributed by atoms with Crippen LogP contribution < -0.4 is 0 Å². The molecule has 28 heavy (non-hydrogen) atoms. The first-order valence-electron chi connectivity index (χ1n) is 10.2. The number of nitrogens with zero attached hydrogens (tertiary/aromatic N) is 1. The van der Waals surface area contributed by atoms with Gasteiger partial charge in [0.05, 0.1) is 5.56 Å². The third-order valence-corrected chi connectivity index (χ3v) is 6.70. The molecule has 0 aromatic heterocycles. The molecular formula is C24H27NO3. The van der Waals surface area contributed by atoms with Gasteiger partial charge >= 0.3 is 5.97 Å². The SMILES string of the molecule is CCC(=O)N1CCC2(CC1)C[C@@H]2c1ccc(-c2ccc(C(=O)O)cc2C)cc1. The summed E-state index contributed by atoms with van der Waals surface area (Å²) in [4.78, 5) is 25.1. The first-order valence-corrected chi connectivity index (χ1v) is 10.2. The molecule has 1 N–H and O–H groups in total. The van der Waals surface area contributed by atoms with Gasteiger partial charge in [-0.25, -0.2) is 4.79 Å². The normalized spacial score (nSPS) is 20.2. The Morgan fingerprint density at radius 1 is 1.11 bits per heavy atom. The Labute approximate surface area is 166 Å². The van der Waals surface area contributed by atoms with Gasteiger partial charge in [0.1, 0.15) is 0 Å². The van der Waals surface area contributed by atoms with E-state index < -0.39 is 5.97 Å². The van der Waals surface area contributed by atoms with E-state index in [-0.39, 0.29) is 5.91 Å². The van der Waals surface area contributed by atoms with Gasteiger partial charge in [-0.1, -0.05) is 37.3 Å². The van der Waals surface area contributed by atoms with Gasteiger partial charge in [-0.2, -0.15) is 0 Å². The highest BCUT2D eigenvalue weighted by atomic mass is 16.4. The molecular weight excluding hydrogens is 350 g/mol. The molecule has 0 unspecified atom stereocenters. The van der Waals surface area contributed by atoms with Crippen LogP contribution in [-0.2, 0) is 4.79 Å². The monoisotopic (exact) mass is 377 g/mol. The molecule has 0 radical (unpaired) electrons. The van der Waals surface area contributed by atoms with Crippen LogP contribution in [0.1, 0.15) is 60.0 Å². The van der Waals surface area contributed by atoms with Gasteiger partial charge in [0, 0.05) is 19.5 Å². The lowest BCUT2D eigenvalue weighted by Gasteiger charge is -2.33. The fraction of sp³-hybridized carbons (Fsp3) is 0.417. The highest BCUT2D eigenvalue weighted by Gasteiger charge is 2.55. The molecule has 1 saturated carbocycles. The standard InChI is InChI=1S/C24H27NO3/c1-3-22(26)25-12-10-24(11-13-25)15-21(24)18-6-4-17(5-7-18)20-9-8-19(23(27)28)14-16(20)2/h4-9,14,21H,3,10-13,15H2,1-2H3,(H,27,28)/t21-/m1/s1. The maximum Gasteiger partial charge on any atom is 0.335 e. The van der Waals surface area contributed by atoms with Gasteiger partial charge in [0.25, 0.3) is 0 Å². The maximum atomic E-state index is 11.9. The topological polar surface area (TPSA) is 57.6 Å². The Morgan fingerprint density at radius 3 is 2.36 bits per heavy atom. The highest BCUT2D eigenvalue weighted by molar-refractivity contribution is 5.89. The molecule has 2 aromatic carbocycles. The van der Waals surface area contributed by atoms with Crippen LogP contribution in [0.5, 0.6) is 0 Å².